The number of hydrogen-bond acceptors (Lipinski definition) is 5. The smallest absolute Gasteiger partial charge is 0.286 e. The van der Waals surface area contributed by atoms with Crippen molar-refractivity contribution in [1.29, 1.82) is 0 Å². The van der Waals surface area contributed by atoms with Crippen LogP contribution >= 0.6 is 11.3 Å². The Morgan fingerprint density at radius 3 is 2.92 bits per heavy atom. The Balaban J connectivity index is 1.45. The van der Waals surface area contributed by atoms with E-state index >= 15 is 0 Å². The van der Waals surface area contributed by atoms with Crippen LogP contribution < -0.4 is 10.6 Å². The highest BCUT2D eigenvalue weighted by Crippen LogP contribution is 2.27. The average Bonchev–Trinajstić information content (AvgIpc) is 3.26. The molecule has 3 aromatic rings. The SMILES string of the molecule is CCc1ccc2nc(NC(=O)CCCNC(=O)c3ccco3)sc2c1. The number of fused-ring (bicyclic) bond motifs is 1. The number of aryl methyl sites for hydroxylation is 1. The molecule has 0 fully saturated rings. The van der Waals surface area contributed by atoms with Gasteiger partial charge in [-0.2, -0.15) is 0 Å². The van der Waals surface area contributed by atoms with Gasteiger partial charge in [-0.15, -0.1) is 0 Å². The summed E-state index contributed by atoms with van der Waals surface area (Å²) in [4.78, 5) is 28.1. The molecular formula is C18H19N3O3S. The molecule has 0 bridgehead atoms. The Morgan fingerprint density at radius 1 is 1.28 bits per heavy atom. The van der Waals surface area contributed by atoms with Crippen LogP contribution in [0.1, 0.15) is 35.9 Å². The first-order valence-electron chi connectivity index (χ1n) is 8.16. The predicted octanol–water partition coefficient (Wildman–Crippen LogP) is 3.60. The van der Waals surface area contributed by atoms with Crippen molar-refractivity contribution in [3.63, 3.8) is 0 Å². The molecule has 0 aliphatic rings. The van der Waals surface area contributed by atoms with Gasteiger partial charge in [-0.3, -0.25) is 9.59 Å². The van der Waals surface area contributed by atoms with Gasteiger partial charge in [0.05, 0.1) is 16.5 Å². The summed E-state index contributed by atoms with van der Waals surface area (Å²) in [5.41, 5.74) is 2.14. The summed E-state index contributed by atoms with van der Waals surface area (Å²) >= 11 is 1.47. The first-order valence-corrected chi connectivity index (χ1v) is 8.98. The molecule has 0 aliphatic carbocycles. The summed E-state index contributed by atoms with van der Waals surface area (Å²) in [5.74, 6) is -0.115. The monoisotopic (exact) mass is 357 g/mol. The van der Waals surface area contributed by atoms with Gasteiger partial charge in [-0.05, 0) is 42.7 Å². The lowest BCUT2D eigenvalue weighted by atomic mass is 10.2. The maximum absolute atomic E-state index is 12.0. The molecule has 0 atom stereocenters. The molecule has 0 saturated carbocycles. The standard InChI is InChI=1S/C18H19N3O3S/c1-2-12-7-8-13-15(11-12)25-18(20-13)21-16(22)6-3-9-19-17(23)14-5-4-10-24-14/h4-5,7-8,10-11H,2-3,6,9H2,1H3,(H,19,23)(H,20,21,22). The van der Waals surface area contributed by atoms with Gasteiger partial charge in [-0.1, -0.05) is 24.3 Å². The van der Waals surface area contributed by atoms with Gasteiger partial charge in [0.1, 0.15) is 0 Å². The second-order valence-corrected chi connectivity index (χ2v) is 6.59. The van der Waals surface area contributed by atoms with Crippen LogP contribution in [0.5, 0.6) is 0 Å². The molecule has 0 saturated heterocycles. The number of carbonyl (C=O) groups excluding carboxylic acids is 2. The van der Waals surface area contributed by atoms with Gasteiger partial charge in [0, 0.05) is 13.0 Å². The second-order valence-electron chi connectivity index (χ2n) is 5.56. The molecule has 0 radical (unpaired) electrons. The summed E-state index contributed by atoms with van der Waals surface area (Å²) in [6, 6.07) is 9.38. The van der Waals surface area contributed by atoms with Crippen molar-refractivity contribution in [2.75, 3.05) is 11.9 Å². The van der Waals surface area contributed by atoms with E-state index in [4.69, 9.17) is 4.42 Å². The van der Waals surface area contributed by atoms with Crippen molar-refractivity contribution in [2.45, 2.75) is 26.2 Å². The summed E-state index contributed by atoms with van der Waals surface area (Å²) in [6.07, 6.45) is 3.28. The predicted molar refractivity (Wildman–Crippen MR) is 97.9 cm³/mol. The van der Waals surface area contributed by atoms with Gasteiger partial charge < -0.3 is 15.1 Å². The number of amides is 2. The van der Waals surface area contributed by atoms with Crippen LogP contribution in [0.3, 0.4) is 0 Å². The van der Waals surface area contributed by atoms with E-state index in [2.05, 4.69) is 34.7 Å². The molecule has 2 heterocycles. The lowest BCUT2D eigenvalue weighted by Crippen LogP contribution is -2.25. The van der Waals surface area contributed by atoms with Gasteiger partial charge in [0.25, 0.3) is 5.91 Å². The Morgan fingerprint density at radius 2 is 2.16 bits per heavy atom. The third-order valence-corrected chi connectivity index (χ3v) is 4.65. The van der Waals surface area contributed by atoms with E-state index in [0.29, 0.717) is 24.5 Å². The van der Waals surface area contributed by atoms with Gasteiger partial charge in [0.2, 0.25) is 5.91 Å². The molecule has 2 aromatic heterocycles. The van der Waals surface area contributed by atoms with Crippen LogP contribution in [0.25, 0.3) is 10.2 Å². The molecule has 0 aliphatic heterocycles. The number of benzene rings is 1. The molecule has 130 valence electrons. The minimum absolute atomic E-state index is 0.109. The molecule has 25 heavy (non-hydrogen) atoms. The zero-order chi connectivity index (χ0) is 17.6. The van der Waals surface area contributed by atoms with E-state index in [1.165, 1.54) is 23.2 Å². The highest BCUT2D eigenvalue weighted by Gasteiger charge is 2.10. The number of hydrogen-bond donors (Lipinski definition) is 2. The summed E-state index contributed by atoms with van der Waals surface area (Å²) < 4.78 is 6.07. The molecular weight excluding hydrogens is 338 g/mol. The minimum atomic E-state index is -0.275. The Hall–Kier alpha value is -2.67. The molecule has 0 spiro atoms. The van der Waals surface area contributed by atoms with E-state index in [9.17, 15) is 9.59 Å². The number of carbonyl (C=O) groups is 2. The van der Waals surface area contributed by atoms with E-state index in [1.54, 1.807) is 12.1 Å². The first-order chi connectivity index (χ1) is 12.2. The number of thiazole rings is 1. The van der Waals surface area contributed by atoms with E-state index in [0.717, 1.165) is 16.6 Å². The van der Waals surface area contributed by atoms with Crippen LogP contribution in [0.4, 0.5) is 5.13 Å². The van der Waals surface area contributed by atoms with Crippen molar-refractivity contribution in [1.82, 2.24) is 10.3 Å². The summed E-state index contributed by atoms with van der Waals surface area (Å²) in [7, 11) is 0. The molecule has 0 unspecified atom stereocenters. The lowest BCUT2D eigenvalue weighted by molar-refractivity contribution is -0.116. The van der Waals surface area contributed by atoms with E-state index in [-0.39, 0.29) is 17.6 Å². The van der Waals surface area contributed by atoms with E-state index in [1.807, 2.05) is 6.07 Å². The quantitative estimate of drug-likeness (QED) is 0.633. The molecule has 2 amide bonds. The van der Waals surface area contributed by atoms with Crippen LogP contribution in [0, 0.1) is 0 Å². The van der Waals surface area contributed by atoms with Crippen molar-refractivity contribution in [3.05, 3.63) is 47.9 Å². The fourth-order valence-corrected chi connectivity index (χ4v) is 3.32. The van der Waals surface area contributed by atoms with Crippen LogP contribution in [-0.2, 0) is 11.2 Å². The third-order valence-electron chi connectivity index (χ3n) is 3.72. The molecule has 6 nitrogen and oxygen atoms in total. The minimum Gasteiger partial charge on any atom is -0.459 e. The van der Waals surface area contributed by atoms with Crippen LogP contribution in [0.15, 0.2) is 41.0 Å². The summed E-state index contributed by atoms with van der Waals surface area (Å²) in [5, 5.41) is 6.14. The second kappa shape index (κ2) is 7.94. The zero-order valence-corrected chi connectivity index (χ0v) is 14.7. The van der Waals surface area contributed by atoms with Crippen molar-refractivity contribution < 1.29 is 14.0 Å². The maximum atomic E-state index is 12.0. The first kappa shape index (κ1) is 17.2. The van der Waals surface area contributed by atoms with Crippen molar-refractivity contribution >= 4 is 38.5 Å². The number of nitrogens with one attached hydrogen (secondary N) is 2. The Kier molecular flexibility index (Phi) is 5.45. The van der Waals surface area contributed by atoms with Crippen LogP contribution in [-0.4, -0.2) is 23.3 Å². The van der Waals surface area contributed by atoms with Gasteiger partial charge in [0.15, 0.2) is 10.9 Å². The summed E-state index contributed by atoms with van der Waals surface area (Å²) in [6.45, 7) is 2.52. The van der Waals surface area contributed by atoms with E-state index < -0.39 is 0 Å². The van der Waals surface area contributed by atoms with Crippen molar-refractivity contribution in [3.8, 4) is 0 Å². The zero-order valence-electron chi connectivity index (χ0n) is 13.9. The molecule has 7 heteroatoms. The largest absolute Gasteiger partial charge is 0.459 e. The number of aromatic nitrogens is 1. The van der Waals surface area contributed by atoms with Gasteiger partial charge >= 0.3 is 0 Å². The Bertz CT molecular complexity index is 871. The average molecular weight is 357 g/mol. The fourth-order valence-electron chi connectivity index (χ4n) is 2.37. The van der Waals surface area contributed by atoms with Crippen LogP contribution in [0.2, 0.25) is 0 Å². The molecule has 3 rings (SSSR count). The topological polar surface area (TPSA) is 84.2 Å². The number of anilines is 1. The Labute approximate surface area is 149 Å². The van der Waals surface area contributed by atoms with Crippen molar-refractivity contribution in [2.24, 2.45) is 0 Å². The fraction of sp³-hybridized carbons (Fsp3) is 0.278. The number of nitrogens with zero attached hydrogens (tertiary/aromatic N) is 1. The third kappa shape index (κ3) is 4.45. The number of rotatable bonds is 7. The highest BCUT2D eigenvalue weighted by atomic mass is 32.1. The number of furan rings is 1. The molecule has 1 aromatic carbocycles. The maximum Gasteiger partial charge on any atom is 0.286 e. The van der Waals surface area contributed by atoms with Gasteiger partial charge in [-0.25, -0.2) is 4.98 Å². The highest BCUT2D eigenvalue weighted by molar-refractivity contribution is 7.22. The normalized spacial score (nSPS) is 10.8. The lowest BCUT2D eigenvalue weighted by Gasteiger charge is -2.03. The molecule has 2 N–H and O–H groups in total.